The van der Waals surface area contributed by atoms with E-state index in [4.69, 9.17) is 23.8 Å². The first-order chi connectivity index (χ1) is 10.4. The summed E-state index contributed by atoms with van der Waals surface area (Å²) in [6, 6.07) is 8.43. The Morgan fingerprint density at radius 2 is 2.14 bits per heavy atom. The average molecular weight is 337 g/mol. The molecule has 22 heavy (non-hydrogen) atoms. The summed E-state index contributed by atoms with van der Waals surface area (Å²) < 4.78 is 0.175. The minimum absolute atomic E-state index is 0.0279. The van der Waals surface area contributed by atoms with Gasteiger partial charge in [-0.25, -0.2) is 5.43 Å². The van der Waals surface area contributed by atoms with Crippen molar-refractivity contribution in [1.29, 1.82) is 0 Å². The molecule has 0 atom stereocenters. The number of rotatable bonds is 4. The lowest BCUT2D eigenvalue weighted by atomic mass is 10.1. The highest BCUT2D eigenvalue weighted by Crippen LogP contribution is 2.11. The van der Waals surface area contributed by atoms with Gasteiger partial charge in [0.1, 0.15) is 0 Å². The van der Waals surface area contributed by atoms with Crippen LogP contribution < -0.4 is 11.0 Å². The van der Waals surface area contributed by atoms with E-state index in [2.05, 4.69) is 20.5 Å². The highest BCUT2D eigenvalue weighted by molar-refractivity contribution is 7.71. The maximum Gasteiger partial charge on any atom is 0.251 e. The molecule has 114 valence electrons. The monoisotopic (exact) mass is 336 g/mol. The molecule has 0 aliphatic carbocycles. The molecule has 0 saturated heterocycles. The van der Waals surface area contributed by atoms with Gasteiger partial charge >= 0.3 is 0 Å². The summed E-state index contributed by atoms with van der Waals surface area (Å²) in [6.07, 6.45) is -0.0279. The molecule has 3 N–H and O–H groups in total. The number of hydrazone groups is 1. The smallest absolute Gasteiger partial charge is 0.251 e. The Morgan fingerprint density at radius 3 is 2.82 bits per heavy atom. The fraction of sp³-hybridized carbons (Fsp3) is 0.143. The number of benzene rings is 1. The lowest BCUT2D eigenvalue weighted by Gasteiger charge is -2.03. The number of amides is 1. The molecule has 0 aliphatic rings. The third kappa shape index (κ3) is 4.64. The van der Waals surface area contributed by atoms with Crippen LogP contribution in [-0.2, 0) is 11.2 Å². The third-order valence-electron chi connectivity index (χ3n) is 2.76. The number of aromatic amines is 2. The summed E-state index contributed by atoms with van der Waals surface area (Å²) >= 11 is 10.7. The Balaban J connectivity index is 2.04. The van der Waals surface area contributed by atoms with Crippen LogP contribution in [0.1, 0.15) is 18.2 Å². The first kappa shape index (κ1) is 16.1. The Kier molecular flexibility index (Phi) is 5.24. The minimum atomic E-state index is -0.363. The zero-order valence-electron chi connectivity index (χ0n) is 11.6. The molecule has 2 aromatic rings. The predicted molar refractivity (Wildman–Crippen MR) is 87.8 cm³/mol. The Bertz CT molecular complexity index is 813. The molecular weight excluding hydrogens is 324 g/mol. The van der Waals surface area contributed by atoms with Crippen LogP contribution in [0.3, 0.4) is 0 Å². The van der Waals surface area contributed by atoms with Crippen molar-refractivity contribution in [2.75, 3.05) is 0 Å². The molecule has 0 bridgehead atoms. The number of hydrogen-bond donors (Lipinski definition) is 3. The first-order valence-corrected chi connectivity index (χ1v) is 7.14. The fourth-order valence-corrected chi connectivity index (χ4v) is 2.17. The molecule has 1 amide bonds. The van der Waals surface area contributed by atoms with Crippen LogP contribution in [0.4, 0.5) is 0 Å². The summed E-state index contributed by atoms with van der Waals surface area (Å²) in [5, 5.41) is 4.60. The summed E-state index contributed by atoms with van der Waals surface area (Å²) in [4.78, 5) is 28.2. The van der Waals surface area contributed by atoms with Crippen molar-refractivity contribution in [3.05, 3.63) is 61.7 Å². The quantitative estimate of drug-likeness (QED) is 0.454. The van der Waals surface area contributed by atoms with Crippen molar-refractivity contribution in [2.24, 2.45) is 5.10 Å². The van der Waals surface area contributed by atoms with Gasteiger partial charge in [0.05, 0.1) is 12.1 Å². The van der Waals surface area contributed by atoms with Gasteiger partial charge in [-0.05, 0) is 36.8 Å². The summed E-state index contributed by atoms with van der Waals surface area (Å²) in [5.41, 5.74) is 3.92. The summed E-state index contributed by atoms with van der Waals surface area (Å²) in [7, 11) is 0. The van der Waals surface area contributed by atoms with Crippen molar-refractivity contribution in [1.82, 2.24) is 15.4 Å². The number of carbonyl (C=O) groups is 1. The van der Waals surface area contributed by atoms with Gasteiger partial charge in [0.15, 0.2) is 4.77 Å². The van der Waals surface area contributed by atoms with E-state index >= 15 is 0 Å². The van der Waals surface area contributed by atoms with Gasteiger partial charge in [0, 0.05) is 16.8 Å². The zero-order chi connectivity index (χ0) is 16.1. The van der Waals surface area contributed by atoms with Crippen LogP contribution in [0, 0.1) is 4.77 Å². The van der Waals surface area contributed by atoms with E-state index in [0.29, 0.717) is 16.4 Å². The highest BCUT2D eigenvalue weighted by Gasteiger charge is 2.05. The molecule has 0 fully saturated rings. The normalized spacial score (nSPS) is 11.3. The number of hydrogen-bond acceptors (Lipinski definition) is 4. The van der Waals surface area contributed by atoms with E-state index in [1.165, 1.54) is 6.07 Å². The largest absolute Gasteiger partial charge is 0.335 e. The molecule has 0 unspecified atom stereocenters. The topological polar surface area (TPSA) is 90.1 Å². The number of aromatic nitrogens is 2. The van der Waals surface area contributed by atoms with E-state index in [9.17, 15) is 9.59 Å². The molecule has 2 rings (SSSR count). The fourth-order valence-electron chi connectivity index (χ4n) is 1.75. The van der Waals surface area contributed by atoms with Gasteiger partial charge in [-0.1, -0.05) is 23.7 Å². The van der Waals surface area contributed by atoms with Gasteiger partial charge in [-0.2, -0.15) is 5.10 Å². The number of H-pyrrole nitrogens is 2. The maximum atomic E-state index is 11.8. The molecule has 0 spiro atoms. The van der Waals surface area contributed by atoms with E-state index < -0.39 is 0 Å². The lowest BCUT2D eigenvalue weighted by Crippen LogP contribution is -2.23. The van der Waals surface area contributed by atoms with E-state index in [-0.39, 0.29) is 22.7 Å². The second kappa shape index (κ2) is 7.15. The van der Waals surface area contributed by atoms with Crippen LogP contribution in [0.2, 0.25) is 5.02 Å². The summed E-state index contributed by atoms with van der Waals surface area (Å²) in [6.45, 7) is 1.76. The Morgan fingerprint density at radius 1 is 1.36 bits per heavy atom. The zero-order valence-corrected chi connectivity index (χ0v) is 13.2. The van der Waals surface area contributed by atoms with E-state index in [0.717, 1.165) is 5.56 Å². The second-order valence-corrected chi connectivity index (χ2v) is 5.38. The van der Waals surface area contributed by atoms with Crippen molar-refractivity contribution in [3.8, 4) is 0 Å². The van der Waals surface area contributed by atoms with E-state index in [1.807, 2.05) is 6.07 Å². The first-order valence-electron chi connectivity index (χ1n) is 6.35. The number of nitrogens with one attached hydrogen (secondary N) is 3. The predicted octanol–water partition coefficient (Wildman–Crippen LogP) is 2.17. The Labute approximate surface area is 136 Å². The van der Waals surface area contributed by atoms with Crippen LogP contribution in [0.15, 0.2) is 40.2 Å². The molecule has 1 aromatic carbocycles. The molecule has 1 heterocycles. The minimum Gasteiger partial charge on any atom is -0.335 e. The molecule has 0 aliphatic heterocycles. The number of halogens is 1. The van der Waals surface area contributed by atoms with Gasteiger partial charge in [-0.15, -0.1) is 0 Å². The average Bonchev–Trinajstić information content (AvgIpc) is 2.43. The van der Waals surface area contributed by atoms with Gasteiger partial charge in [-0.3, -0.25) is 14.6 Å². The van der Waals surface area contributed by atoms with Crippen LogP contribution >= 0.6 is 23.8 Å². The van der Waals surface area contributed by atoms with Crippen molar-refractivity contribution in [3.63, 3.8) is 0 Å². The molecule has 6 nitrogen and oxygen atoms in total. The van der Waals surface area contributed by atoms with Crippen LogP contribution in [0.25, 0.3) is 0 Å². The van der Waals surface area contributed by atoms with E-state index in [1.54, 1.807) is 25.1 Å². The third-order valence-corrected chi connectivity index (χ3v) is 3.20. The van der Waals surface area contributed by atoms with Crippen molar-refractivity contribution < 1.29 is 4.79 Å². The van der Waals surface area contributed by atoms with Crippen LogP contribution in [-0.4, -0.2) is 21.6 Å². The lowest BCUT2D eigenvalue weighted by molar-refractivity contribution is -0.120. The van der Waals surface area contributed by atoms with Gasteiger partial charge in [0.25, 0.3) is 5.56 Å². The highest BCUT2D eigenvalue weighted by atomic mass is 35.5. The Hall–Kier alpha value is -2.25. The van der Waals surface area contributed by atoms with Crippen molar-refractivity contribution >= 4 is 35.4 Å². The standard InChI is InChI=1S/C14H13ClN4O2S/c1-8(9-3-2-4-10(15)5-9)18-19-13(21)7-11-6-12(20)17-14(22)16-11/h2-6H,7H2,1H3,(H,19,21)(H2,16,17,20,22)/b18-8-. The molecular formula is C14H13ClN4O2S. The molecule has 0 saturated carbocycles. The molecule has 8 heteroatoms. The SMILES string of the molecule is C/C(=N/NC(=O)Cc1cc(=O)[nH]c(=S)[nH]1)c1cccc(Cl)c1. The molecule has 1 aromatic heterocycles. The van der Waals surface area contributed by atoms with Gasteiger partial charge in [0.2, 0.25) is 5.91 Å². The van der Waals surface area contributed by atoms with Crippen molar-refractivity contribution in [2.45, 2.75) is 13.3 Å². The number of carbonyl (C=O) groups excluding carboxylic acids is 1. The van der Waals surface area contributed by atoms with Crippen LogP contribution in [0.5, 0.6) is 0 Å². The maximum absolute atomic E-state index is 11.8. The second-order valence-electron chi connectivity index (χ2n) is 4.53. The molecule has 0 radical (unpaired) electrons. The number of nitrogens with zero attached hydrogens (tertiary/aromatic N) is 1. The van der Waals surface area contributed by atoms with Gasteiger partial charge < -0.3 is 4.98 Å². The summed E-state index contributed by atoms with van der Waals surface area (Å²) in [5.74, 6) is -0.363.